The maximum absolute atomic E-state index is 12.7. The Labute approximate surface area is 187 Å². The van der Waals surface area contributed by atoms with Gasteiger partial charge >= 0.3 is 12.1 Å². The predicted octanol–water partition coefficient (Wildman–Crippen LogP) is 4.26. The van der Waals surface area contributed by atoms with Gasteiger partial charge in [0.2, 0.25) is 5.95 Å². The number of aliphatic hydroxyl groups excluding tert-OH is 1. The van der Waals surface area contributed by atoms with Crippen molar-refractivity contribution in [1.29, 1.82) is 0 Å². The molecular formula is C22H24F3N5O3. The molecule has 8 nitrogen and oxygen atoms in total. The van der Waals surface area contributed by atoms with E-state index in [0.29, 0.717) is 29.5 Å². The molecule has 11 heteroatoms. The van der Waals surface area contributed by atoms with Crippen LogP contribution in [0.25, 0.3) is 16.6 Å². The van der Waals surface area contributed by atoms with Crippen molar-refractivity contribution in [2.24, 2.45) is 0 Å². The van der Waals surface area contributed by atoms with Gasteiger partial charge in [-0.2, -0.15) is 13.2 Å². The maximum atomic E-state index is 12.7. The summed E-state index contributed by atoms with van der Waals surface area (Å²) < 4.78 is 39.8. The number of hydrogen-bond acceptors (Lipinski definition) is 6. The Hall–Kier alpha value is -3.21. The van der Waals surface area contributed by atoms with Crippen LogP contribution in [0, 0.1) is 0 Å². The standard InChI is InChI=1S/C22H24F3N5O3/c1-12(8-22(23,24)25)28-21-27-11-19-17(14-6-15(20(32)33)10-26-9-14)7-18(30(19)29-21)13-2-4-16(31)5-3-13/h6-7,9-13,16,31H,2-5,8H2,1H3,(H,28,29)(H,32,33)/t12-,13?,16?/m0/s1. The zero-order chi connectivity index (χ0) is 23.8. The number of pyridine rings is 1. The SMILES string of the molecule is C[C@@H](CC(F)(F)F)Nc1ncc2c(-c3cncc(C(=O)O)c3)cc(C3CCC(O)CC3)n2n1. The third-order valence-corrected chi connectivity index (χ3v) is 5.87. The first-order valence-corrected chi connectivity index (χ1v) is 10.7. The van der Waals surface area contributed by atoms with Gasteiger partial charge in [-0.25, -0.2) is 14.3 Å². The summed E-state index contributed by atoms with van der Waals surface area (Å²) in [6.45, 7) is 1.41. The van der Waals surface area contributed by atoms with Crippen LogP contribution < -0.4 is 5.32 Å². The van der Waals surface area contributed by atoms with Crippen molar-refractivity contribution < 1.29 is 28.2 Å². The Morgan fingerprint density at radius 2 is 1.94 bits per heavy atom. The van der Waals surface area contributed by atoms with Gasteiger partial charge in [0.15, 0.2) is 0 Å². The second-order valence-electron chi connectivity index (χ2n) is 8.50. The lowest BCUT2D eigenvalue weighted by molar-refractivity contribution is -0.136. The van der Waals surface area contributed by atoms with E-state index >= 15 is 0 Å². The molecule has 0 radical (unpaired) electrons. The number of anilines is 1. The molecule has 0 amide bonds. The van der Waals surface area contributed by atoms with Crippen LogP contribution in [0.15, 0.2) is 30.7 Å². The van der Waals surface area contributed by atoms with Crippen LogP contribution in [0.4, 0.5) is 19.1 Å². The summed E-state index contributed by atoms with van der Waals surface area (Å²) in [7, 11) is 0. The largest absolute Gasteiger partial charge is 0.478 e. The first kappa shape index (κ1) is 23.0. The third kappa shape index (κ3) is 5.24. The summed E-state index contributed by atoms with van der Waals surface area (Å²) in [5, 5.41) is 26.4. The fourth-order valence-electron chi connectivity index (χ4n) is 4.30. The summed E-state index contributed by atoms with van der Waals surface area (Å²) in [6.07, 6.45) is 1.39. The lowest BCUT2D eigenvalue weighted by atomic mass is 9.85. The first-order valence-electron chi connectivity index (χ1n) is 10.7. The van der Waals surface area contributed by atoms with Crippen molar-refractivity contribution in [2.45, 2.75) is 63.3 Å². The average Bonchev–Trinajstić information content (AvgIpc) is 3.12. The molecule has 0 spiro atoms. The van der Waals surface area contributed by atoms with Gasteiger partial charge in [-0.3, -0.25) is 4.98 Å². The topological polar surface area (TPSA) is 113 Å². The highest BCUT2D eigenvalue weighted by atomic mass is 19.4. The molecule has 3 heterocycles. The van der Waals surface area contributed by atoms with E-state index in [2.05, 4.69) is 20.4 Å². The zero-order valence-electron chi connectivity index (χ0n) is 17.9. The lowest BCUT2D eigenvalue weighted by Crippen LogP contribution is -2.25. The van der Waals surface area contributed by atoms with E-state index in [1.807, 2.05) is 6.07 Å². The predicted molar refractivity (Wildman–Crippen MR) is 114 cm³/mol. The molecule has 1 saturated carbocycles. The van der Waals surface area contributed by atoms with Crippen molar-refractivity contribution in [2.75, 3.05) is 5.32 Å². The third-order valence-electron chi connectivity index (χ3n) is 5.87. The maximum Gasteiger partial charge on any atom is 0.391 e. The van der Waals surface area contributed by atoms with Gasteiger partial charge in [0.05, 0.1) is 29.8 Å². The fourth-order valence-corrected chi connectivity index (χ4v) is 4.30. The van der Waals surface area contributed by atoms with Crippen LogP contribution >= 0.6 is 0 Å². The van der Waals surface area contributed by atoms with Crippen molar-refractivity contribution >= 4 is 17.4 Å². The normalized spacial score (nSPS) is 20.0. The van der Waals surface area contributed by atoms with Gasteiger partial charge < -0.3 is 15.5 Å². The van der Waals surface area contributed by atoms with Gasteiger partial charge in [-0.15, -0.1) is 5.10 Å². The number of nitrogens with zero attached hydrogens (tertiary/aromatic N) is 4. The van der Waals surface area contributed by atoms with Crippen molar-refractivity contribution in [3.05, 3.63) is 42.0 Å². The second kappa shape index (κ2) is 8.97. The molecule has 0 saturated heterocycles. The molecular weight excluding hydrogens is 439 g/mol. The summed E-state index contributed by atoms with van der Waals surface area (Å²) >= 11 is 0. The second-order valence-corrected chi connectivity index (χ2v) is 8.50. The number of halogens is 3. The molecule has 0 aliphatic heterocycles. The molecule has 1 aliphatic rings. The lowest BCUT2D eigenvalue weighted by Gasteiger charge is -2.25. The summed E-state index contributed by atoms with van der Waals surface area (Å²) in [5.74, 6) is -0.952. The highest BCUT2D eigenvalue weighted by Crippen LogP contribution is 2.37. The number of carboxylic acid groups (broad SMARTS) is 1. The van der Waals surface area contributed by atoms with Gasteiger partial charge in [0, 0.05) is 41.2 Å². The van der Waals surface area contributed by atoms with Gasteiger partial charge in [-0.1, -0.05) is 0 Å². The van der Waals surface area contributed by atoms with Crippen LogP contribution in [-0.2, 0) is 0 Å². The van der Waals surface area contributed by atoms with Crippen LogP contribution in [0.2, 0.25) is 0 Å². The number of hydrogen-bond donors (Lipinski definition) is 3. The molecule has 3 N–H and O–H groups in total. The van der Waals surface area contributed by atoms with Crippen LogP contribution in [0.5, 0.6) is 0 Å². The number of aromatic nitrogens is 4. The number of aromatic carboxylic acids is 1. The minimum Gasteiger partial charge on any atom is -0.478 e. The van der Waals surface area contributed by atoms with Crippen LogP contribution in [0.1, 0.15) is 61.0 Å². The Balaban J connectivity index is 1.76. The number of carboxylic acids is 1. The quantitative estimate of drug-likeness (QED) is 0.501. The monoisotopic (exact) mass is 463 g/mol. The van der Waals surface area contributed by atoms with Crippen molar-refractivity contribution in [3.63, 3.8) is 0 Å². The highest BCUT2D eigenvalue weighted by Gasteiger charge is 2.30. The molecule has 3 aromatic rings. The first-order chi connectivity index (χ1) is 15.6. The minimum absolute atomic E-state index is 0.0365. The van der Waals surface area contributed by atoms with E-state index in [1.165, 1.54) is 25.4 Å². The Kier molecular flexibility index (Phi) is 6.24. The average molecular weight is 463 g/mol. The summed E-state index contributed by atoms with van der Waals surface area (Å²) in [6, 6.07) is 2.50. The van der Waals surface area contributed by atoms with E-state index in [4.69, 9.17) is 0 Å². The van der Waals surface area contributed by atoms with E-state index in [0.717, 1.165) is 18.5 Å². The molecule has 4 rings (SSSR count). The molecule has 0 bridgehead atoms. The number of rotatable bonds is 6. The van der Waals surface area contributed by atoms with E-state index in [9.17, 15) is 28.2 Å². The number of fused-ring (bicyclic) bond motifs is 1. The van der Waals surface area contributed by atoms with Crippen molar-refractivity contribution in [3.8, 4) is 11.1 Å². The van der Waals surface area contributed by atoms with Crippen molar-refractivity contribution in [1.82, 2.24) is 19.6 Å². The molecule has 0 unspecified atom stereocenters. The number of carbonyl (C=O) groups is 1. The Morgan fingerprint density at radius 1 is 1.21 bits per heavy atom. The minimum atomic E-state index is -4.31. The smallest absolute Gasteiger partial charge is 0.391 e. The van der Waals surface area contributed by atoms with Crippen LogP contribution in [-0.4, -0.2) is 54.1 Å². The number of nitrogens with one attached hydrogen (secondary N) is 1. The summed E-state index contributed by atoms with van der Waals surface area (Å²) in [5.41, 5.74) is 2.72. The van der Waals surface area contributed by atoms with E-state index < -0.39 is 24.6 Å². The Bertz CT molecular complexity index is 1160. The van der Waals surface area contributed by atoms with Gasteiger partial charge in [-0.05, 0) is 44.7 Å². The highest BCUT2D eigenvalue weighted by molar-refractivity contribution is 5.90. The molecule has 1 atom stereocenters. The molecule has 1 fully saturated rings. The zero-order valence-corrected chi connectivity index (χ0v) is 17.9. The molecule has 3 aromatic heterocycles. The van der Waals surface area contributed by atoms with E-state index in [1.54, 1.807) is 10.7 Å². The Morgan fingerprint density at radius 3 is 2.61 bits per heavy atom. The molecule has 176 valence electrons. The van der Waals surface area contributed by atoms with E-state index in [-0.39, 0.29) is 23.5 Å². The number of alkyl halides is 3. The summed E-state index contributed by atoms with van der Waals surface area (Å²) in [4.78, 5) is 19.6. The molecule has 33 heavy (non-hydrogen) atoms. The van der Waals surface area contributed by atoms with Gasteiger partial charge in [0.25, 0.3) is 0 Å². The molecule has 0 aromatic carbocycles. The van der Waals surface area contributed by atoms with Crippen LogP contribution in [0.3, 0.4) is 0 Å². The molecule has 1 aliphatic carbocycles. The fraction of sp³-hybridized carbons (Fsp3) is 0.455. The van der Waals surface area contributed by atoms with Gasteiger partial charge in [0.1, 0.15) is 0 Å². The number of aliphatic hydroxyl groups is 1.